The summed E-state index contributed by atoms with van der Waals surface area (Å²) in [6.45, 7) is 2.51. The first kappa shape index (κ1) is 35.4. The van der Waals surface area contributed by atoms with E-state index in [4.69, 9.17) is 9.15 Å². The Morgan fingerprint density at radius 1 is 1.02 bits per heavy atom. The molecule has 5 heterocycles. The lowest BCUT2D eigenvalue weighted by Crippen LogP contribution is -2.60. The van der Waals surface area contributed by atoms with E-state index in [0.717, 1.165) is 0 Å². The number of hydrogen-bond donors (Lipinski definition) is 2. The first-order valence-corrected chi connectivity index (χ1v) is 17.9. The number of benzene rings is 1. The Morgan fingerprint density at radius 2 is 1.74 bits per heavy atom. The van der Waals surface area contributed by atoms with Gasteiger partial charge in [-0.05, 0) is 63.1 Å². The standard InChI is InChI=1S/C36H38F3N9O6/c1-3-23-29(45-14-16-46(17-15-45)33(52)27-24(49)5-4-22-31(27)54-20-41-22)30(51)28-32(44-48(43-28)21-6-13-40-26(18-21)53-2)47(23)19-25(50)42-35-10-7-34(8-11-35,9-12-35)36(37,38)39/h4-6,13,18,20,49H,3,7-12,14-17,19H2,1-2H3,(H,42,50). The second-order valence-electron chi connectivity index (χ2n) is 14.3. The molecule has 9 rings (SSSR count). The first-order chi connectivity index (χ1) is 25.9. The molecule has 1 aromatic carbocycles. The predicted molar refractivity (Wildman–Crippen MR) is 188 cm³/mol. The Morgan fingerprint density at radius 3 is 2.41 bits per heavy atom. The number of piperazine rings is 1. The number of oxazole rings is 1. The quantitative estimate of drug-likeness (QED) is 0.234. The Kier molecular flexibility index (Phi) is 8.52. The maximum atomic E-state index is 14.4. The summed E-state index contributed by atoms with van der Waals surface area (Å²) in [5.74, 6) is -0.781. The van der Waals surface area contributed by atoms with Gasteiger partial charge in [0.15, 0.2) is 23.1 Å². The molecule has 3 saturated carbocycles. The summed E-state index contributed by atoms with van der Waals surface area (Å²) >= 11 is 0. The van der Waals surface area contributed by atoms with E-state index in [1.54, 1.807) is 27.7 Å². The number of halogens is 3. The van der Waals surface area contributed by atoms with Gasteiger partial charge in [0.1, 0.15) is 29.1 Å². The molecule has 54 heavy (non-hydrogen) atoms. The van der Waals surface area contributed by atoms with Gasteiger partial charge in [-0.15, -0.1) is 15.0 Å². The van der Waals surface area contributed by atoms with Crippen LogP contribution in [0.1, 0.15) is 61.5 Å². The molecule has 15 nitrogen and oxygen atoms in total. The minimum Gasteiger partial charge on any atom is -0.507 e. The number of phenolic OH excluding ortho intramolecular Hbond substituents is 1. The third kappa shape index (κ3) is 5.78. The van der Waals surface area contributed by atoms with Gasteiger partial charge >= 0.3 is 6.18 Å². The molecular weight excluding hydrogens is 711 g/mol. The number of hydrogen-bond acceptors (Lipinski definition) is 11. The van der Waals surface area contributed by atoms with Gasteiger partial charge in [-0.25, -0.2) is 9.97 Å². The Balaban J connectivity index is 1.12. The molecule has 5 aromatic rings. The number of ether oxygens (including phenoxy) is 1. The maximum Gasteiger partial charge on any atom is 0.394 e. The third-order valence-corrected chi connectivity index (χ3v) is 11.5. The summed E-state index contributed by atoms with van der Waals surface area (Å²) in [5.41, 5.74) is -0.760. The number of nitrogens with one attached hydrogen (secondary N) is 1. The molecule has 0 unspecified atom stereocenters. The molecule has 0 radical (unpaired) electrons. The van der Waals surface area contributed by atoms with Crippen LogP contribution in [0, 0.1) is 5.41 Å². The second-order valence-corrected chi connectivity index (χ2v) is 14.3. The van der Waals surface area contributed by atoms with Crippen LogP contribution in [0.25, 0.3) is 28.0 Å². The van der Waals surface area contributed by atoms with Crippen LogP contribution in [0.2, 0.25) is 0 Å². The molecule has 0 atom stereocenters. The van der Waals surface area contributed by atoms with Crippen LogP contribution >= 0.6 is 0 Å². The van der Waals surface area contributed by atoms with Crippen molar-refractivity contribution < 1.29 is 37.0 Å². The smallest absolute Gasteiger partial charge is 0.394 e. The molecule has 1 aliphatic heterocycles. The van der Waals surface area contributed by atoms with E-state index >= 15 is 0 Å². The van der Waals surface area contributed by atoms with Crippen LogP contribution < -0.4 is 20.4 Å². The Hall–Kier alpha value is -5.68. The fourth-order valence-corrected chi connectivity index (χ4v) is 8.43. The number of amides is 2. The Bertz CT molecular complexity index is 2320. The zero-order valence-electron chi connectivity index (χ0n) is 29.6. The normalized spacial score (nSPS) is 21.6. The van der Waals surface area contributed by atoms with Gasteiger partial charge in [-0.1, -0.05) is 6.92 Å². The van der Waals surface area contributed by atoms with Gasteiger partial charge in [-0.3, -0.25) is 14.4 Å². The van der Waals surface area contributed by atoms with Crippen LogP contribution in [0.4, 0.5) is 18.9 Å². The van der Waals surface area contributed by atoms with Crippen molar-refractivity contribution in [1.82, 2.24) is 39.7 Å². The van der Waals surface area contributed by atoms with Crippen molar-refractivity contribution in [1.29, 1.82) is 0 Å². The number of carbonyl (C=O) groups excluding carboxylic acids is 2. The molecule has 4 aliphatic rings. The average Bonchev–Trinajstić information content (AvgIpc) is 3.84. The second kappa shape index (κ2) is 13.0. The number of aromatic nitrogens is 6. The number of anilines is 1. The van der Waals surface area contributed by atoms with Gasteiger partial charge in [0.05, 0.1) is 18.2 Å². The molecule has 3 aliphatic carbocycles. The van der Waals surface area contributed by atoms with Crippen molar-refractivity contribution in [2.24, 2.45) is 5.41 Å². The van der Waals surface area contributed by atoms with Gasteiger partial charge < -0.3 is 33.9 Å². The zero-order valence-corrected chi connectivity index (χ0v) is 29.6. The largest absolute Gasteiger partial charge is 0.507 e. The van der Waals surface area contributed by atoms with E-state index < -0.39 is 34.4 Å². The van der Waals surface area contributed by atoms with Crippen LogP contribution in [0.3, 0.4) is 0 Å². The highest BCUT2D eigenvalue weighted by Crippen LogP contribution is 2.59. The van der Waals surface area contributed by atoms with E-state index in [-0.39, 0.29) is 99.3 Å². The number of methoxy groups -OCH3 is 1. The molecule has 284 valence electrons. The predicted octanol–water partition coefficient (Wildman–Crippen LogP) is 4.13. The lowest BCUT2D eigenvalue weighted by molar-refractivity contribution is -0.254. The van der Waals surface area contributed by atoms with Crippen LogP contribution in [-0.2, 0) is 17.8 Å². The maximum absolute atomic E-state index is 14.4. The minimum absolute atomic E-state index is 0.00587. The van der Waals surface area contributed by atoms with Gasteiger partial charge in [0.2, 0.25) is 17.2 Å². The van der Waals surface area contributed by atoms with E-state index in [0.29, 0.717) is 34.9 Å². The molecule has 1 saturated heterocycles. The molecule has 18 heteroatoms. The number of phenols is 1. The lowest BCUT2D eigenvalue weighted by atomic mass is 9.57. The fraction of sp³-hybridized carbons (Fsp3) is 0.472. The van der Waals surface area contributed by atoms with Crippen molar-refractivity contribution in [3.63, 3.8) is 0 Å². The van der Waals surface area contributed by atoms with Crippen molar-refractivity contribution >= 4 is 39.8 Å². The first-order valence-electron chi connectivity index (χ1n) is 17.9. The minimum atomic E-state index is -4.28. The van der Waals surface area contributed by atoms with Crippen LogP contribution in [0.5, 0.6) is 11.6 Å². The highest BCUT2D eigenvalue weighted by Gasteiger charge is 2.61. The number of carbonyl (C=O) groups is 2. The Labute approximate surface area is 305 Å². The van der Waals surface area contributed by atoms with Gasteiger partial charge in [0.25, 0.3) is 5.91 Å². The zero-order chi connectivity index (χ0) is 38.0. The van der Waals surface area contributed by atoms with Crippen molar-refractivity contribution in [3.8, 4) is 17.3 Å². The summed E-state index contributed by atoms with van der Waals surface area (Å²) in [6.07, 6.45) is -0.652. The molecule has 2 bridgehead atoms. The SMILES string of the molecule is CCc1c(N2CCN(C(=O)c3c(O)ccc4ncoc34)CC2)c(=O)c2nn(-c3ccnc(OC)c3)nc2n1CC(=O)NC12CCC(C(F)(F)F)(CC1)CC2. The van der Waals surface area contributed by atoms with E-state index in [1.165, 1.54) is 30.6 Å². The number of rotatable bonds is 8. The molecule has 0 spiro atoms. The van der Waals surface area contributed by atoms with Gasteiger partial charge in [0, 0.05) is 49.7 Å². The molecule has 4 fully saturated rings. The van der Waals surface area contributed by atoms with Gasteiger partial charge in [-0.2, -0.15) is 13.2 Å². The van der Waals surface area contributed by atoms with Crippen molar-refractivity contribution in [2.45, 2.75) is 70.1 Å². The molecular formula is C36H38F3N9O6. The highest BCUT2D eigenvalue weighted by atomic mass is 19.4. The fourth-order valence-electron chi connectivity index (χ4n) is 8.43. The average molecular weight is 750 g/mol. The molecule has 2 amide bonds. The summed E-state index contributed by atoms with van der Waals surface area (Å²) < 4.78 is 54.1. The summed E-state index contributed by atoms with van der Waals surface area (Å²) in [5, 5.41) is 22.9. The van der Waals surface area contributed by atoms with E-state index in [9.17, 15) is 32.7 Å². The molecule has 4 aromatic heterocycles. The summed E-state index contributed by atoms with van der Waals surface area (Å²) in [4.78, 5) is 54.9. The third-order valence-electron chi connectivity index (χ3n) is 11.5. The van der Waals surface area contributed by atoms with Crippen molar-refractivity contribution in [2.75, 3.05) is 38.2 Å². The summed E-state index contributed by atoms with van der Waals surface area (Å²) in [6, 6.07) is 6.19. The number of aromatic hydroxyl groups is 1. The van der Waals surface area contributed by atoms with Crippen LogP contribution in [0.15, 0.2) is 46.1 Å². The number of nitrogens with zero attached hydrogens (tertiary/aromatic N) is 8. The monoisotopic (exact) mass is 749 g/mol. The topological polar surface area (TPSA) is 174 Å². The van der Waals surface area contributed by atoms with Crippen molar-refractivity contribution in [3.05, 3.63) is 58.3 Å². The number of alkyl halides is 3. The van der Waals surface area contributed by atoms with E-state index in [2.05, 4.69) is 25.5 Å². The van der Waals surface area contributed by atoms with E-state index in [1.807, 2.05) is 11.8 Å². The summed E-state index contributed by atoms with van der Waals surface area (Å²) in [7, 11) is 1.47. The van der Waals surface area contributed by atoms with Crippen LogP contribution in [-0.4, -0.2) is 96.4 Å². The lowest BCUT2D eigenvalue weighted by Gasteiger charge is -2.54. The number of pyridine rings is 2. The highest BCUT2D eigenvalue weighted by molar-refractivity contribution is 6.06. The molecule has 2 N–H and O–H groups in total. The number of fused-ring (bicyclic) bond motifs is 5.